The molecule has 0 fully saturated rings. The lowest BCUT2D eigenvalue weighted by atomic mass is 9.91. The monoisotopic (exact) mass is 253 g/mol. The van der Waals surface area contributed by atoms with E-state index in [1.807, 2.05) is 0 Å². The third kappa shape index (κ3) is 3.18. The second kappa shape index (κ2) is 6.58. The van der Waals surface area contributed by atoms with Gasteiger partial charge in [-0.15, -0.1) is 0 Å². The molecular formula is C14H20ClNO. The number of benzene rings is 1. The van der Waals surface area contributed by atoms with E-state index in [0.29, 0.717) is 5.92 Å². The fourth-order valence-corrected chi connectivity index (χ4v) is 2.13. The normalized spacial score (nSPS) is 14.6. The molecule has 0 bridgehead atoms. The summed E-state index contributed by atoms with van der Waals surface area (Å²) in [6.07, 6.45) is 5.42. The molecule has 0 spiro atoms. The first-order valence-corrected chi connectivity index (χ1v) is 5.54. The average Bonchev–Trinajstić information content (AvgIpc) is 2.74. The lowest BCUT2D eigenvalue weighted by Gasteiger charge is -2.12. The van der Waals surface area contributed by atoms with Crippen molar-refractivity contribution in [3.8, 4) is 0 Å². The minimum Gasteiger partial charge on any atom is -1.00 e. The van der Waals surface area contributed by atoms with Gasteiger partial charge in [0.05, 0.1) is 5.92 Å². The summed E-state index contributed by atoms with van der Waals surface area (Å²) in [5.74, 6) is 0.476. The molecule has 1 unspecified atom stereocenters. The fourth-order valence-electron chi connectivity index (χ4n) is 2.13. The second-order valence-corrected chi connectivity index (χ2v) is 4.25. The molecule has 1 aliphatic rings. The van der Waals surface area contributed by atoms with E-state index in [1.54, 1.807) is 0 Å². The van der Waals surface area contributed by atoms with Crippen LogP contribution in [0.2, 0.25) is 0 Å². The summed E-state index contributed by atoms with van der Waals surface area (Å²) >= 11 is 0. The zero-order chi connectivity index (χ0) is 10.8. The van der Waals surface area contributed by atoms with E-state index in [4.69, 9.17) is 0 Å². The standard InChI is InChI=1S/C14H17N.ClH.H2O/c1-10-6-4-7-13(11(10)2)12(3)14-8-5-9-15-14;;/h4,6-9,12H,5H2,1-3H3;1H;1H2. The van der Waals surface area contributed by atoms with Gasteiger partial charge < -0.3 is 17.9 Å². The highest BCUT2D eigenvalue weighted by atomic mass is 35.5. The summed E-state index contributed by atoms with van der Waals surface area (Å²) in [7, 11) is 0. The molecule has 1 aromatic rings. The summed E-state index contributed by atoms with van der Waals surface area (Å²) in [5, 5.41) is 0. The van der Waals surface area contributed by atoms with Gasteiger partial charge in [0.25, 0.3) is 0 Å². The van der Waals surface area contributed by atoms with Gasteiger partial charge >= 0.3 is 0 Å². The van der Waals surface area contributed by atoms with Crippen LogP contribution >= 0.6 is 0 Å². The number of aryl methyl sites for hydroxylation is 1. The topological polar surface area (TPSA) is 45.5 Å². The van der Waals surface area contributed by atoms with Crippen LogP contribution in [0.25, 0.3) is 0 Å². The molecule has 94 valence electrons. The van der Waals surface area contributed by atoms with Gasteiger partial charge in [-0.2, -0.15) is 0 Å². The Morgan fingerprint density at radius 2 is 1.94 bits per heavy atom. The zero-order valence-electron chi connectivity index (χ0n) is 10.5. The van der Waals surface area contributed by atoms with E-state index < -0.39 is 0 Å². The van der Waals surface area contributed by atoms with Crippen molar-refractivity contribution in [2.45, 2.75) is 33.1 Å². The number of allylic oxidation sites excluding steroid dienone is 2. The molecule has 1 atom stereocenters. The second-order valence-electron chi connectivity index (χ2n) is 4.25. The van der Waals surface area contributed by atoms with E-state index in [1.165, 1.54) is 22.4 Å². The molecule has 3 N–H and O–H groups in total. The SMILES string of the molecule is Cc1cccc(C(C)C2=CCC=[NH+]2)c1C.O.[Cl-]. The lowest BCUT2D eigenvalue weighted by molar-refractivity contribution is -0.393. The first-order valence-electron chi connectivity index (χ1n) is 5.54. The van der Waals surface area contributed by atoms with Crippen LogP contribution in [-0.2, 0) is 0 Å². The molecule has 0 saturated heterocycles. The molecule has 0 amide bonds. The van der Waals surface area contributed by atoms with Crippen molar-refractivity contribution < 1.29 is 22.9 Å². The number of halogens is 1. The Kier molecular flexibility index (Phi) is 6.14. The van der Waals surface area contributed by atoms with Crippen molar-refractivity contribution in [2.75, 3.05) is 0 Å². The average molecular weight is 254 g/mol. The molecule has 3 heteroatoms. The van der Waals surface area contributed by atoms with E-state index in [2.05, 4.69) is 56.3 Å². The van der Waals surface area contributed by atoms with Gasteiger partial charge in [0, 0.05) is 6.42 Å². The molecule has 0 aromatic heterocycles. The van der Waals surface area contributed by atoms with Crippen molar-refractivity contribution in [3.05, 3.63) is 46.7 Å². The van der Waals surface area contributed by atoms with Crippen molar-refractivity contribution in [3.63, 3.8) is 0 Å². The minimum absolute atomic E-state index is 0. The Morgan fingerprint density at radius 1 is 1.24 bits per heavy atom. The molecule has 0 radical (unpaired) electrons. The Balaban J connectivity index is 0.00000128. The Morgan fingerprint density at radius 3 is 2.53 bits per heavy atom. The fraction of sp³-hybridized carbons (Fsp3) is 0.357. The Bertz CT molecular complexity index is 438. The van der Waals surface area contributed by atoms with E-state index in [9.17, 15) is 0 Å². The molecule has 1 heterocycles. The quantitative estimate of drug-likeness (QED) is 0.636. The maximum Gasteiger partial charge on any atom is 0.183 e. The van der Waals surface area contributed by atoms with E-state index >= 15 is 0 Å². The Labute approximate surface area is 109 Å². The van der Waals surface area contributed by atoms with Gasteiger partial charge in [0.2, 0.25) is 0 Å². The molecule has 17 heavy (non-hydrogen) atoms. The third-order valence-electron chi connectivity index (χ3n) is 3.30. The molecule has 0 aliphatic carbocycles. The van der Waals surface area contributed by atoms with Crippen molar-refractivity contribution >= 4 is 6.21 Å². The largest absolute Gasteiger partial charge is 1.00 e. The molecule has 2 rings (SSSR count). The highest BCUT2D eigenvalue weighted by molar-refractivity contribution is 5.56. The van der Waals surface area contributed by atoms with Crippen molar-refractivity contribution in [1.29, 1.82) is 0 Å². The van der Waals surface area contributed by atoms with Crippen molar-refractivity contribution in [2.24, 2.45) is 0 Å². The van der Waals surface area contributed by atoms with Gasteiger partial charge in [-0.1, -0.05) is 18.2 Å². The minimum atomic E-state index is 0. The zero-order valence-corrected chi connectivity index (χ0v) is 11.3. The molecule has 1 aromatic carbocycles. The predicted molar refractivity (Wildman–Crippen MR) is 67.7 cm³/mol. The smallest absolute Gasteiger partial charge is 0.183 e. The third-order valence-corrected chi connectivity index (χ3v) is 3.30. The van der Waals surface area contributed by atoms with Gasteiger partial charge in [0.15, 0.2) is 5.70 Å². The first-order chi connectivity index (χ1) is 7.20. The summed E-state index contributed by atoms with van der Waals surface area (Å²) in [4.78, 5) is 3.34. The van der Waals surface area contributed by atoms with Crippen LogP contribution in [0.4, 0.5) is 0 Å². The van der Waals surface area contributed by atoms with Crippen molar-refractivity contribution in [1.82, 2.24) is 0 Å². The summed E-state index contributed by atoms with van der Waals surface area (Å²) in [5.41, 5.74) is 5.56. The van der Waals surface area contributed by atoms with Crippen LogP contribution in [0.15, 0.2) is 30.0 Å². The summed E-state index contributed by atoms with van der Waals surface area (Å²) < 4.78 is 0. The molecule has 2 nitrogen and oxygen atoms in total. The van der Waals surface area contributed by atoms with Crippen LogP contribution in [-0.4, -0.2) is 11.7 Å². The maximum absolute atomic E-state index is 3.34. The lowest BCUT2D eigenvalue weighted by Crippen LogP contribution is -3.00. The highest BCUT2D eigenvalue weighted by Gasteiger charge is 2.19. The van der Waals surface area contributed by atoms with E-state index in [-0.39, 0.29) is 17.9 Å². The number of rotatable bonds is 2. The van der Waals surface area contributed by atoms with Gasteiger partial charge in [-0.05, 0) is 43.5 Å². The molecule has 1 aliphatic heterocycles. The Hall–Kier alpha value is -1.12. The van der Waals surface area contributed by atoms with Crippen LogP contribution < -0.4 is 17.4 Å². The van der Waals surface area contributed by atoms with Gasteiger partial charge in [-0.3, -0.25) is 0 Å². The molecular weight excluding hydrogens is 234 g/mol. The van der Waals surface area contributed by atoms with E-state index in [0.717, 1.165) is 6.42 Å². The number of hydrogen-bond acceptors (Lipinski definition) is 0. The summed E-state index contributed by atoms with van der Waals surface area (Å²) in [6.45, 7) is 6.65. The van der Waals surface area contributed by atoms with Crippen LogP contribution in [0.1, 0.15) is 36.0 Å². The highest BCUT2D eigenvalue weighted by Crippen LogP contribution is 2.25. The summed E-state index contributed by atoms with van der Waals surface area (Å²) in [6, 6.07) is 6.55. The van der Waals surface area contributed by atoms with Crippen LogP contribution in [0, 0.1) is 13.8 Å². The van der Waals surface area contributed by atoms with Crippen LogP contribution in [0.5, 0.6) is 0 Å². The predicted octanol–water partition coefficient (Wildman–Crippen LogP) is -1.97. The maximum atomic E-state index is 3.34. The van der Waals surface area contributed by atoms with Crippen LogP contribution in [0.3, 0.4) is 0 Å². The van der Waals surface area contributed by atoms with Gasteiger partial charge in [-0.25, -0.2) is 4.99 Å². The number of nitrogens with one attached hydrogen (secondary N) is 1. The molecule has 0 saturated carbocycles. The van der Waals surface area contributed by atoms with Gasteiger partial charge in [0.1, 0.15) is 6.21 Å². The number of hydrogen-bond donors (Lipinski definition) is 1. The first kappa shape index (κ1) is 15.9.